The maximum atomic E-state index is 11.5. The van der Waals surface area contributed by atoms with Gasteiger partial charge in [0.2, 0.25) is 5.91 Å². The van der Waals surface area contributed by atoms with E-state index in [1.54, 1.807) is 0 Å². The largest absolute Gasteiger partial charge is 0.481 e. The van der Waals surface area contributed by atoms with Gasteiger partial charge in [-0.25, -0.2) is 0 Å². The first kappa shape index (κ1) is 14.7. The second-order valence-electron chi connectivity index (χ2n) is 3.85. The molecule has 0 aromatic heterocycles. The molecule has 0 saturated heterocycles. The van der Waals surface area contributed by atoms with Crippen LogP contribution in [0.5, 0.6) is 0 Å². The Bertz CT molecular complexity index is 484. The van der Waals surface area contributed by atoms with Crippen molar-refractivity contribution in [3.8, 4) is 0 Å². The van der Waals surface area contributed by atoms with Gasteiger partial charge in [-0.2, -0.15) is 0 Å². The van der Waals surface area contributed by atoms with Gasteiger partial charge in [0.25, 0.3) is 5.91 Å². The molecule has 102 valence electrons. The van der Waals surface area contributed by atoms with Gasteiger partial charge in [0, 0.05) is 18.3 Å². The molecule has 0 aliphatic carbocycles. The van der Waals surface area contributed by atoms with E-state index in [9.17, 15) is 14.4 Å². The topological polar surface area (TPSA) is 122 Å². The lowest BCUT2D eigenvalue weighted by molar-refractivity contribution is -0.138. The molecule has 0 bridgehead atoms. The summed E-state index contributed by atoms with van der Waals surface area (Å²) in [6.07, 6.45) is -0.442. The normalized spacial score (nSPS) is 11.5. The highest BCUT2D eigenvalue weighted by Crippen LogP contribution is 2.10. The summed E-state index contributed by atoms with van der Waals surface area (Å²) >= 11 is 0. The van der Waals surface area contributed by atoms with Crippen molar-refractivity contribution in [2.24, 2.45) is 5.73 Å². The summed E-state index contributed by atoms with van der Waals surface area (Å²) in [5.74, 6) is -1.96. The Kier molecular flexibility index (Phi) is 5.01. The molecule has 1 aromatic carbocycles. The monoisotopic (exact) mass is 265 g/mol. The molecule has 7 heteroatoms. The number of hydrogen-bond donors (Lipinski definition) is 4. The van der Waals surface area contributed by atoms with E-state index in [0.29, 0.717) is 11.3 Å². The number of nitrogens with two attached hydrogens (primary N) is 1. The van der Waals surface area contributed by atoms with Crippen molar-refractivity contribution in [2.75, 3.05) is 12.4 Å². The lowest BCUT2D eigenvalue weighted by Gasteiger charge is -2.10. The predicted octanol–water partition coefficient (Wildman–Crippen LogP) is -0.213. The zero-order chi connectivity index (χ0) is 14.4. The van der Waals surface area contributed by atoms with E-state index in [0.717, 1.165) is 0 Å². The van der Waals surface area contributed by atoms with Gasteiger partial charge in [0.15, 0.2) is 0 Å². The van der Waals surface area contributed by atoms with Gasteiger partial charge in [0.05, 0.1) is 12.5 Å². The van der Waals surface area contributed by atoms with Gasteiger partial charge < -0.3 is 21.5 Å². The van der Waals surface area contributed by atoms with Gasteiger partial charge in [-0.05, 0) is 24.3 Å². The second kappa shape index (κ2) is 6.50. The number of carbonyl (C=O) groups excluding carboxylic acids is 2. The second-order valence-corrected chi connectivity index (χ2v) is 3.85. The van der Waals surface area contributed by atoms with Crippen LogP contribution in [0.3, 0.4) is 0 Å². The third-order valence-corrected chi connectivity index (χ3v) is 2.37. The van der Waals surface area contributed by atoms with Crippen molar-refractivity contribution in [1.82, 2.24) is 5.32 Å². The van der Waals surface area contributed by atoms with Crippen molar-refractivity contribution in [2.45, 2.75) is 12.5 Å². The maximum absolute atomic E-state index is 11.5. The van der Waals surface area contributed by atoms with Crippen molar-refractivity contribution < 1.29 is 19.5 Å². The highest BCUT2D eigenvalue weighted by molar-refractivity contribution is 5.98. The predicted molar refractivity (Wildman–Crippen MR) is 68.7 cm³/mol. The number of carboxylic acid groups (broad SMARTS) is 1. The van der Waals surface area contributed by atoms with Crippen LogP contribution < -0.4 is 16.4 Å². The quantitative estimate of drug-likeness (QED) is 0.586. The first-order chi connectivity index (χ1) is 8.93. The number of anilines is 1. The molecule has 0 spiro atoms. The lowest BCUT2D eigenvalue weighted by Crippen LogP contribution is -2.37. The third kappa shape index (κ3) is 4.40. The fourth-order valence-corrected chi connectivity index (χ4v) is 1.37. The van der Waals surface area contributed by atoms with Crippen LogP contribution in [0.15, 0.2) is 24.3 Å². The van der Waals surface area contributed by atoms with Gasteiger partial charge in [-0.15, -0.1) is 0 Å². The van der Waals surface area contributed by atoms with E-state index in [1.165, 1.54) is 31.3 Å². The van der Waals surface area contributed by atoms with Crippen molar-refractivity contribution >= 4 is 23.5 Å². The van der Waals surface area contributed by atoms with Crippen molar-refractivity contribution in [3.05, 3.63) is 29.8 Å². The number of amides is 2. The number of carboxylic acids is 1. The minimum Gasteiger partial charge on any atom is -0.481 e. The summed E-state index contributed by atoms with van der Waals surface area (Å²) in [7, 11) is 1.52. The van der Waals surface area contributed by atoms with Crippen LogP contribution in [0.4, 0.5) is 5.69 Å². The molecule has 1 rings (SSSR count). The highest BCUT2D eigenvalue weighted by Gasteiger charge is 2.17. The number of benzene rings is 1. The van der Waals surface area contributed by atoms with E-state index in [4.69, 9.17) is 10.8 Å². The number of rotatable bonds is 5. The number of carbonyl (C=O) groups is 3. The number of hydrogen-bond acceptors (Lipinski definition) is 4. The van der Waals surface area contributed by atoms with Crippen LogP contribution in [0.2, 0.25) is 0 Å². The Hall–Kier alpha value is -2.41. The zero-order valence-electron chi connectivity index (χ0n) is 10.3. The molecule has 5 N–H and O–H groups in total. The average Bonchev–Trinajstić information content (AvgIpc) is 2.37. The molecule has 1 aromatic rings. The summed E-state index contributed by atoms with van der Waals surface area (Å²) in [6, 6.07) is 5.04. The molecular weight excluding hydrogens is 250 g/mol. The first-order valence-electron chi connectivity index (χ1n) is 5.54. The Labute approximate surface area is 109 Å². The summed E-state index contributed by atoms with van der Waals surface area (Å²) in [6.45, 7) is 0. The summed E-state index contributed by atoms with van der Waals surface area (Å²) in [5, 5.41) is 13.5. The Morgan fingerprint density at radius 3 is 2.32 bits per heavy atom. The Balaban J connectivity index is 2.65. The van der Waals surface area contributed by atoms with Crippen molar-refractivity contribution in [1.29, 1.82) is 0 Å². The van der Waals surface area contributed by atoms with Crippen LogP contribution in [-0.2, 0) is 9.59 Å². The Morgan fingerprint density at radius 1 is 1.26 bits per heavy atom. The summed E-state index contributed by atoms with van der Waals surface area (Å²) < 4.78 is 0. The first-order valence-corrected chi connectivity index (χ1v) is 5.54. The smallest absolute Gasteiger partial charge is 0.305 e. The minimum atomic E-state index is -1.14. The minimum absolute atomic E-state index is 0.236. The summed E-state index contributed by atoms with van der Waals surface area (Å²) in [5.41, 5.74) is 6.31. The molecule has 0 heterocycles. The molecule has 0 aliphatic heterocycles. The molecule has 2 amide bonds. The fourth-order valence-electron chi connectivity index (χ4n) is 1.37. The van der Waals surface area contributed by atoms with Gasteiger partial charge >= 0.3 is 5.97 Å². The van der Waals surface area contributed by atoms with Crippen molar-refractivity contribution in [3.63, 3.8) is 0 Å². The number of nitrogens with one attached hydrogen (secondary N) is 2. The highest BCUT2D eigenvalue weighted by atomic mass is 16.4. The van der Waals surface area contributed by atoms with E-state index < -0.39 is 24.3 Å². The van der Waals surface area contributed by atoms with Crippen LogP contribution in [0, 0.1) is 0 Å². The standard InChI is InChI=1S/C12H15N3O4/c1-14-11(18)7-2-4-8(5-3-7)15-12(19)9(13)6-10(16)17/h2-5,9H,6,13H2,1H3,(H,14,18)(H,15,19)(H,16,17). The molecule has 19 heavy (non-hydrogen) atoms. The van der Waals surface area contributed by atoms with E-state index in [2.05, 4.69) is 10.6 Å². The van der Waals surface area contributed by atoms with Gasteiger partial charge in [0.1, 0.15) is 0 Å². The summed E-state index contributed by atoms with van der Waals surface area (Å²) in [4.78, 5) is 33.3. The maximum Gasteiger partial charge on any atom is 0.305 e. The number of aliphatic carboxylic acids is 1. The molecule has 0 radical (unpaired) electrons. The van der Waals surface area contributed by atoms with E-state index in [1.807, 2.05) is 0 Å². The molecule has 0 aliphatic rings. The van der Waals surface area contributed by atoms with E-state index >= 15 is 0 Å². The molecule has 0 fully saturated rings. The molecule has 7 nitrogen and oxygen atoms in total. The average molecular weight is 265 g/mol. The fraction of sp³-hybridized carbons (Fsp3) is 0.250. The SMILES string of the molecule is CNC(=O)c1ccc(NC(=O)C(N)CC(=O)O)cc1. The molecule has 1 atom stereocenters. The van der Waals surface area contributed by atoms with Gasteiger partial charge in [-0.3, -0.25) is 14.4 Å². The van der Waals surface area contributed by atoms with Gasteiger partial charge in [-0.1, -0.05) is 0 Å². The third-order valence-electron chi connectivity index (χ3n) is 2.37. The van der Waals surface area contributed by atoms with E-state index in [-0.39, 0.29) is 5.91 Å². The molecular formula is C12H15N3O4. The zero-order valence-corrected chi connectivity index (χ0v) is 10.3. The lowest BCUT2D eigenvalue weighted by atomic mass is 10.1. The Morgan fingerprint density at radius 2 is 1.84 bits per heavy atom. The molecule has 0 saturated carbocycles. The molecule has 1 unspecified atom stereocenters. The van der Waals surface area contributed by atoms with Crippen LogP contribution in [0.1, 0.15) is 16.8 Å². The van der Waals surface area contributed by atoms with Crippen LogP contribution in [-0.4, -0.2) is 36.0 Å². The van der Waals surface area contributed by atoms with Crippen LogP contribution in [0.25, 0.3) is 0 Å². The van der Waals surface area contributed by atoms with Crippen LogP contribution >= 0.6 is 0 Å².